The predicted molar refractivity (Wildman–Crippen MR) is 129 cm³/mol. The first-order valence-electron chi connectivity index (χ1n) is 12.0. The Kier molecular flexibility index (Phi) is 5.83. The van der Waals surface area contributed by atoms with Crippen LogP contribution in [-0.4, -0.2) is 63.3 Å². The molecule has 1 fully saturated rings. The van der Waals surface area contributed by atoms with Crippen LogP contribution in [0.3, 0.4) is 0 Å². The lowest BCUT2D eigenvalue weighted by Crippen LogP contribution is -2.48. The van der Waals surface area contributed by atoms with Gasteiger partial charge in [0.05, 0.1) is 23.8 Å². The molecule has 174 valence electrons. The smallest absolute Gasteiger partial charge is 0.254 e. The van der Waals surface area contributed by atoms with Crippen LogP contribution in [-0.2, 0) is 13.0 Å². The molecule has 3 aromatic rings. The van der Waals surface area contributed by atoms with Gasteiger partial charge in [-0.3, -0.25) is 9.69 Å². The van der Waals surface area contributed by atoms with E-state index in [4.69, 9.17) is 9.72 Å². The number of carbonyl (C=O) groups excluding carboxylic acids is 1. The molecule has 5 rings (SSSR count). The number of fused-ring (bicyclic) bond motifs is 2. The van der Waals surface area contributed by atoms with Crippen LogP contribution in [0.1, 0.15) is 66.8 Å². The van der Waals surface area contributed by atoms with Crippen molar-refractivity contribution in [3.8, 4) is 5.75 Å². The van der Waals surface area contributed by atoms with Crippen LogP contribution in [0.4, 0.5) is 0 Å². The Balaban J connectivity index is 1.31. The Labute approximate surface area is 195 Å². The van der Waals surface area contributed by atoms with Gasteiger partial charge in [0.25, 0.3) is 5.91 Å². The number of rotatable bonds is 5. The first kappa shape index (κ1) is 21.9. The molecular formula is C26H33N5O2. The van der Waals surface area contributed by atoms with Crippen LogP contribution in [0.15, 0.2) is 30.5 Å². The monoisotopic (exact) mass is 447 g/mol. The van der Waals surface area contributed by atoms with Crippen LogP contribution in [0.25, 0.3) is 11.0 Å². The summed E-state index contributed by atoms with van der Waals surface area (Å²) in [6, 6.07) is 8.69. The third-order valence-electron chi connectivity index (χ3n) is 6.72. The van der Waals surface area contributed by atoms with Crippen molar-refractivity contribution in [2.24, 2.45) is 0 Å². The number of amides is 1. The van der Waals surface area contributed by atoms with Gasteiger partial charge in [0.2, 0.25) is 0 Å². The average molecular weight is 448 g/mol. The normalized spacial score (nSPS) is 16.6. The summed E-state index contributed by atoms with van der Waals surface area (Å²) in [7, 11) is 0. The molecule has 2 aromatic heterocycles. The fourth-order valence-corrected chi connectivity index (χ4v) is 4.76. The van der Waals surface area contributed by atoms with Crippen LogP contribution in [0, 0.1) is 0 Å². The third-order valence-corrected chi connectivity index (χ3v) is 6.72. The van der Waals surface area contributed by atoms with E-state index in [-0.39, 0.29) is 17.9 Å². The molecule has 0 saturated carbocycles. The van der Waals surface area contributed by atoms with Gasteiger partial charge in [-0.05, 0) is 43.0 Å². The second kappa shape index (κ2) is 8.78. The quantitative estimate of drug-likeness (QED) is 0.591. The number of nitrogens with zero attached hydrogens (tertiary/aromatic N) is 5. The summed E-state index contributed by atoms with van der Waals surface area (Å²) in [4.78, 5) is 22.8. The van der Waals surface area contributed by atoms with Crippen LogP contribution in [0.2, 0.25) is 0 Å². The van der Waals surface area contributed by atoms with E-state index in [1.807, 2.05) is 15.6 Å². The van der Waals surface area contributed by atoms with Gasteiger partial charge in [-0.25, -0.2) is 9.67 Å². The van der Waals surface area contributed by atoms with Crippen molar-refractivity contribution in [1.29, 1.82) is 0 Å². The molecule has 1 saturated heterocycles. The van der Waals surface area contributed by atoms with Gasteiger partial charge in [-0.2, -0.15) is 5.10 Å². The lowest BCUT2D eigenvalue weighted by molar-refractivity contribution is 0.0630. The maximum Gasteiger partial charge on any atom is 0.254 e. The summed E-state index contributed by atoms with van der Waals surface area (Å²) in [5, 5.41) is 5.38. The highest BCUT2D eigenvalue weighted by Gasteiger charge is 2.26. The summed E-state index contributed by atoms with van der Waals surface area (Å²) in [6.07, 6.45) is 2.80. The Morgan fingerprint density at radius 3 is 2.61 bits per heavy atom. The van der Waals surface area contributed by atoms with E-state index < -0.39 is 0 Å². The van der Waals surface area contributed by atoms with E-state index in [0.717, 1.165) is 73.8 Å². The minimum atomic E-state index is 0.0851. The van der Waals surface area contributed by atoms with Crippen molar-refractivity contribution in [3.05, 3.63) is 52.8 Å². The number of hydrogen-bond donors (Lipinski definition) is 0. The highest BCUT2D eigenvalue weighted by atomic mass is 16.5. The van der Waals surface area contributed by atoms with Gasteiger partial charge in [0.1, 0.15) is 5.75 Å². The van der Waals surface area contributed by atoms with Crippen LogP contribution in [0.5, 0.6) is 5.75 Å². The largest absolute Gasteiger partial charge is 0.493 e. The van der Waals surface area contributed by atoms with E-state index in [1.54, 1.807) is 6.20 Å². The molecule has 0 atom stereocenters. The van der Waals surface area contributed by atoms with Crippen molar-refractivity contribution in [1.82, 2.24) is 24.6 Å². The van der Waals surface area contributed by atoms with E-state index >= 15 is 0 Å². The molecule has 33 heavy (non-hydrogen) atoms. The summed E-state index contributed by atoms with van der Waals surface area (Å²) >= 11 is 0. The first-order valence-corrected chi connectivity index (χ1v) is 12.0. The zero-order valence-electron chi connectivity index (χ0n) is 20.0. The summed E-state index contributed by atoms with van der Waals surface area (Å²) in [6.45, 7) is 13.3. The Hall–Kier alpha value is -2.93. The molecule has 0 unspecified atom stereocenters. The standard InChI is InChI=1S/C26H33N5O2/c1-17(2)23-14-21(22-15-27-31(18(3)4)25(22)28-23)26(32)30-10-8-29(9-11-30)16-19-5-6-24-20(13-19)7-12-33-24/h5-6,13-15,17-18H,7-12,16H2,1-4H3. The molecule has 0 aliphatic carbocycles. The lowest BCUT2D eigenvalue weighted by Gasteiger charge is -2.35. The number of pyridine rings is 1. The molecule has 0 radical (unpaired) electrons. The lowest BCUT2D eigenvalue weighted by atomic mass is 10.0. The molecule has 7 heteroatoms. The zero-order valence-corrected chi connectivity index (χ0v) is 20.0. The second-order valence-electron chi connectivity index (χ2n) is 9.78. The molecule has 1 aromatic carbocycles. The maximum absolute atomic E-state index is 13.6. The fourth-order valence-electron chi connectivity index (χ4n) is 4.76. The fraction of sp³-hybridized carbons (Fsp3) is 0.500. The van der Waals surface area contributed by atoms with E-state index in [2.05, 4.69) is 55.9 Å². The van der Waals surface area contributed by atoms with Gasteiger partial charge in [0.15, 0.2) is 5.65 Å². The highest BCUT2D eigenvalue weighted by Crippen LogP contribution is 2.28. The van der Waals surface area contributed by atoms with Crippen LogP contribution >= 0.6 is 0 Å². The summed E-state index contributed by atoms with van der Waals surface area (Å²) in [5.41, 5.74) is 5.09. The molecule has 1 amide bonds. The van der Waals surface area contributed by atoms with Gasteiger partial charge in [0, 0.05) is 50.9 Å². The van der Waals surface area contributed by atoms with E-state index in [9.17, 15) is 4.79 Å². The maximum atomic E-state index is 13.6. The second-order valence-corrected chi connectivity index (χ2v) is 9.78. The van der Waals surface area contributed by atoms with Gasteiger partial charge in [-0.15, -0.1) is 0 Å². The van der Waals surface area contributed by atoms with Crippen LogP contribution < -0.4 is 4.74 Å². The molecule has 4 heterocycles. The molecule has 2 aliphatic rings. The molecule has 2 aliphatic heterocycles. The van der Waals surface area contributed by atoms with Gasteiger partial charge in [-0.1, -0.05) is 26.0 Å². The SMILES string of the molecule is CC(C)c1cc(C(=O)N2CCN(Cc3ccc4c(c3)CCO4)CC2)c2cnn(C(C)C)c2n1. The minimum absolute atomic E-state index is 0.0851. The third kappa shape index (κ3) is 4.22. The predicted octanol–water partition coefficient (Wildman–Crippen LogP) is 4.03. The van der Waals surface area contributed by atoms with Gasteiger partial charge >= 0.3 is 0 Å². The number of hydrogen-bond acceptors (Lipinski definition) is 5. The van der Waals surface area contributed by atoms with Crippen molar-refractivity contribution in [2.75, 3.05) is 32.8 Å². The van der Waals surface area contributed by atoms with Crippen molar-refractivity contribution in [3.63, 3.8) is 0 Å². The zero-order chi connectivity index (χ0) is 23.1. The number of benzene rings is 1. The number of ether oxygens (including phenoxy) is 1. The number of aromatic nitrogens is 3. The molecule has 0 spiro atoms. The Bertz CT molecular complexity index is 1170. The summed E-state index contributed by atoms with van der Waals surface area (Å²) in [5.74, 6) is 1.35. The van der Waals surface area contributed by atoms with Crippen molar-refractivity contribution < 1.29 is 9.53 Å². The van der Waals surface area contributed by atoms with Crippen molar-refractivity contribution >= 4 is 16.9 Å². The Morgan fingerprint density at radius 2 is 1.88 bits per heavy atom. The van der Waals surface area contributed by atoms with Gasteiger partial charge < -0.3 is 9.64 Å². The molecular weight excluding hydrogens is 414 g/mol. The number of carbonyl (C=O) groups is 1. The number of piperazine rings is 1. The first-order chi connectivity index (χ1) is 15.9. The molecule has 7 nitrogen and oxygen atoms in total. The Morgan fingerprint density at radius 1 is 1.09 bits per heavy atom. The topological polar surface area (TPSA) is 63.5 Å². The minimum Gasteiger partial charge on any atom is -0.493 e. The van der Waals surface area contributed by atoms with E-state index in [0.29, 0.717) is 0 Å². The van der Waals surface area contributed by atoms with Crippen molar-refractivity contribution in [2.45, 2.75) is 52.6 Å². The summed E-state index contributed by atoms with van der Waals surface area (Å²) < 4.78 is 7.54. The highest BCUT2D eigenvalue weighted by molar-refractivity contribution is 6.05. The average Bonchev–Trinajstić information content (AvgIpc) is 3.45. The molecule has 0 bridgehead atoms. The molecule has 0 N–H and O–H groups in total. The van der Waals surface area contributed by atoms with E-state index in [1.165, 1.54) is 11.1 Å².